The number of rotatable bonds is 3. The molecule has 0 aromatic carbocycles. The maximum atomic E-state index is 12.5. The van der Waals surface area contributed by atoms with E-state index < -0.39 is 0 Å². The van der Waals surface area contributed by atoms with Gasteiger partial charge in [0.1, 0.15) is 0 Å². The van der Waals surface area contributed by atoms with E-state index in [0.29, 0.717) is 5.92 Å². The van der Waals surface area contributed by atoms with Crippen molar-refractivity contribution in [2.45, 2.75) is 37.6 Å². The molecule has 2 aliphatic carbocycles. The molecule has 2 heterocycles. The summed E-state index contributed by atoms with van der Waals surface area (Å²) in [6, 6.07) is 3.40. The van der Waals surface area contributed by atoms with Gasteiger partial charge >= 0.3 is 0 Å². The highest BCUT2D eigenvalue weighted by molar-refractivity contribution is 5.83. The van der Waals surface area contributed by atoms with E-state index >= 15 is 0 Å². The quantitative estimate of drug-likeness (QED) is 0.899. The Morgan fingerprint density at radius 1 is 1.43 bits per heavy atom. The van der Waals surface area contributed by atoms with Crippen molar-refractivity contribution in [2.24, 2.45) is 13.0 Å². The van der Waals surface area contributed by atoms with E-state index in [0.717, 1.165) is 42.5 Å². The fraction of sp³-hybridized carbons (Fsp3) is 0.471. The van der Waals surface area contributed by atoms with Gasteiger partial charge in [-0.3, -0.25) is 14.3 Å². The molecule has 2 aromatic heterocycles. The van der Waals surface area contributed by atoms with Gasteiger partial charge in [0.15, 0.2) is 0 Å². The second-order valence-electron chi connectivity index (χ2n) is 6.61. The van der Waals surface area contributed by atoms with Crippen LogP contribution in [0.2, 0.25) is 0 Å². The lowest BCUT2D eigenvalue weighted by Gasteiger charge is -2.26. The summed E-state index contributed by atoms with van der Waals surface area (Å²) in [7, 11) is 1.89. The summed E-state index contributed by atoms with van der Waals surface area (Å²) in [5.74, 6) is 0.456. The van der Waals surface area contributed by atoms with E-state index in [4.69, 9.17) is 0 Å². The number of pyridine rings is 1. The van der Waals surface area contributed by atoms with Crippen LogP contribution in [0.25, 0.3) is 0 Å². The molecule has 0 aliphatic heterocycles. The van der Waals surface area contributed by atoms with Crippen molar-refractivity contribution in [1.82, 2.24) is 20.1 Å². The summed E-state index contributed by atoms with van der Waals surface area (Å²) in [6.45, 7) is 0. The van der Waals surface area contributed by atoms with Gasteiger partial charge < -0.3 is 10.3 Å². The number of carbonyl (C=O) groups is 1. The highest BCUT2D eigenvalue weighted by atomic mass is 16.2. The average molecular weight is 312 g/mol. The van der Waals surface area contributed by atoms with Crippen LogP contribution in [0.1, 0.15) is 48.0 Å². The molecule has 4 rings (SSSR count). The summed E-state index contributed by atoms with van der Waals surface area (Å²) in [5.41, 5.74) is 3.09. The standard InChI is InChI=1S/C17H20N4O2/c1-21-9-10(8-18-21)12-7-13(12)17(23)20-15-4-2-3-14-11(15)5-6-16(22)19-14/h5-6,8-9,12-13,15H,2-4,7H2,1H3,(H,19,22)(H,20,23)/t12-,13+,15-/m0/s1. The number of nitrogens with one attached hydrogen (secondary N) is 2. The third-order valence-corrected chi connectivity index (χ3v) is 4.93. The minimum Gasteiger partial charge on any atom is -0.349 e. The lowest BCUT2D eigenvalue weighted by Crippen LogP contribution is -2.33. The molecule has 2 N–H and O–H groups in total. The molecule has 2 aromatic rings. The van der Waals surface area contributed by atoms with Gasteiger partial charge in [0.2, 0.25) is 11.5 Å². The van der Waals surface area contributed by atoms with E-state index in [9.17, 15) is 9.59 Å². The van der Waals surface area contributed by atoms with Crippen molar-refractivity contribution in [1.29, 1.82) is 0 Å². The van der Waals surface area contributed by atoms with Gasteiger partial charge in [0, 0.05) is 30.9 Å². The molecular weight excluding hydrogens is 292 g/mol. The van der Waals surface area contributed by atoms with E-state index in [1.54, 1.807) is 10.7 Å². The Bertz CT molecular complexity index is 807. The van der Waals surface area contributed by atoms with Gasteiger partial charge in [-0.1, -0.05) is 0 Å². The van der Waals surface area contributed by atoms with Gasteiger partial charge in [0.25, 0.3) is 0 Å². The van der Waals surface area contributed by atoms with Crippen LogP contribution in [-0.2, 0) is 18.3 Å². The van der Waals surface area contributed by atoms with Crippen LogP contribution in [0.4, 0.5) is 0 Å². The van der Waals surface area contributed by atoms with Gasteiger partial charge in [-0.15, -0.1) is 0 Å². The van der Waals surface area contributed by atoms with Crippen molar-refractivity contribution in [3.63, 3.8) is 0 Å². The van der Waals surface area contributed by atoms with Crippen LogP contribution in [0, 0.1) is 5.92 Å². The van der Waals surface area contributed by atoms with Crippen LogP contribution in [0.5, 0.6) is 0 Å². The molecule has 0 saturated heterocycles. The molecule has 6 heteroatoms. The first kappa shape index (κ1) is 14.2. The summed E-state index contributed by atoms with van der Waals surface area (Å²) in [6.07, 6.45) is 7.50. The molecule has 1 fully saturated rings. The molecule has 1 amide bonds. The topological polar surface area (TPSA) is 79.8 Å². The third kappa shape index (κ3) is 2.69. The fourth-order valence-electron chi connectivity index (χ4n) is 3.61. The molecule has 0 spiro atoms. The molecule has 0 unspecified atom stereocenters. The number of aromatic nitrogens is 3. The van der Waals surface area contributed by atoms with Crippen molar-refractivity contribution in [3.8, 4) is 0 Å². The van der Waals surface area contributed by atoms with Gasteiger partial charge in [0.05, 0.1) is 12.2 Å². The van der Waals surface area contributed by atoms with Crippen molar-refractivity contribution in [2.75, 3.05) is 0 Å². The van der Waals surface area contributed by atoms with Gasteiger partial charge in [-0.05, 0) is 48.8 Å². The summed E-state index contributed by atoms with van der Waals surface area (Å²) in [5, 5.41) is 7.35. The second kappa shape index (κ2) is 5.37. The summed E-state index contributed by atoms with van der Waals surface area (Å²) >= 11 is 0. The largest absolute Gasteiger partial charge is 0.349 e. The monoisotopic (exact) mass is 312 g/mol. The number of nitrogens with zero attached hydrogens (tertiary/aromatic N) is 2. The first-order valence-electron chi connectivity index (χ1n) is 8.13. The second-order valence-corrected chi connectivity index (χ2v) is 6.61. The van der Waals surface area contributed by atoms with Gasteiger partial charge in [-0.2, -0.15) is 5.10 Å². The maximum absolute atomic E-state index is 12.5. The van der Waals surface area contributed by atoms with Crippen LogP contribution in [-0.4, -0.2) is 20.7 Å². The van der Waals surface area contributed by atoms with Crippen LogP contribution in [0.15, 0.2) is 29.3 Å². The number of aromatic amines is 1. The van der Waals surface area contributed by atoms with E-state index in [2.05, 4.69) is 15.4 Å². The number of carbonyl (C=O) groups excluding carboxylic acids is 1. The molecule has 120 valence electrons. The fourth-order valence-corrected chi connectivity index (χ4v) is 3.61. The number of amides is 1. The van der Waals surface area contributed by atoms with Crippen LogP contribution >= 0.6 is 0 Å². The number of hydrogen-bond acceptors (Lipinski definition) is 3. The normalized spacial score (nSPS) is 25.7. The van der Waals surface area contributed by atoms with Crippen LogP contribution < -0.4 is 10.9 Å². The lowest BCUT2D eigenvalue weighted by molar-refractivity contribution is -0.123. The molecule has 6 nitrogen and oxygen atoms in total. The molecular formula is C17H20N4O2. The van der Waals surface area contributed by atoms with Crippen molar-refractivity contribution < 1.29 is 4.79 Å². The third-order valence-electron chi connectivity index (χ3n) is 4.93. The predicted molar refractivity (Wildman–Crippen MR) is 84.9 cm³/mol. The van der Waals surface area contributed by atoms with E-state index in [1.807, 2.05) is 25.5 Å². The molecule has 0 bridgehead atoms. The van der Waals surface area contributed by atoms with Crippen LogP contribution in [0.3, 0.4) is 0 Å². The zero-order valence-corrected chi connectivity index (χ0v) is 13.1. The number of H-pyrrole nitrogens is 1. The lowest BCUT2D eigenvalue weighted by atomic mass is 9.91. The van der Waals surface area contributed by atoms with E-state index in [1.165, 1.54) is 0 Å². The molecule has 1 saturated carbocycles. The highest BCUT2D eigenvalue weighted by Gasteiger charge is 2.45. The van der Waals surface area contributed by atoms with E-state index in [-0.39, 0.29) is 23.4 Å². The molecule has 2 aliphatic rings. The van der Waals surface area contributed by atoms with Gasteiger partial charge in [-0.25, -0.2) is 0 Å². The molecule has 0 radical (unpaired) electrons. The average Bonchev–Trinajstić information content (AvgIpc) is 3.22. The predicted octanol–water partition coefficient (Wildman–Crippen LogP) is 1.41. The minimum absolute atomic E-state index is 0.0123. The number of fused-ring (bicyclic) bond motifs is 1. The van der Waals surface area contributed by atoms with Crippen molar-refractivity contribution >= 4 is 5.91 Å². The summed E-state index contributed by atoms with van der Waals surface area (Å²) < 4.78 is 1.77. The Hall–Kier alpha value is -2.37. The first-order chi connectivity index (χ1) is 11.1. The Balaban J connectivity index is 1.46. The SMILES string of the molecule is Cn1cc([C@@H]2C[C@H]2C(=O)N[C@H]2CCCc3[nH]c(=O)ccc32)cn1. The number of aryl methyl sites for hydroxylation is 2. The molecule has 23 heavy (non-hydrogen) atoms. The number of hydrogen-bond donors (Lipinski definition) is 2. The Morgan fingerprint density at radius 3 is 3.09 bits per heavy atom. The minimum atomic E-state index is -0.0745. The molecule has 3 atom stereocenters. The zero-order chi connectivity index (χ0) is 16.0. The maximum Gasteiger partial charge on any atom is 0.248 e. The Labute approximate surface area is 133 Å². The smallest absolute Gasteiger partial charge is 0.248 e. The zero-order valence-electron chi connectivity index (χ0n) is 13.1. The Kier molecular flexibility index (Phi) is 3.32. The summed E-state index contributed by atoms with van der Waals surface area (Å²) in [4.78, 5) is 26.9. The first-order valence-corrected chi connectivity index (χ1v) is 8.13. The van der Waals surface area contributed by atoms with Crippen molar-refractivity contribution in [3.05, 3.63) is 51.7 Å². The highest BCUT2D eigenvalue weighted by Crippen LogP contribution is 2.47. The Morgan fingerprint density at radius 2 is 2.30 bits per heavy atom.